The van der Waals surface area contributed by atoms with E-state index < -0.39 is 10.1 Å². The van der Waals surface area contributed by atoms with Crippen molar-refractivity contribution in [1.82, 2.24) is 9.80 Å². The van der Waals surface area contributed by atoms with Crippen molar-refractivity contribution < 1.29 is 37.3 Å². The van der Waals surface area contributed by atoms with E-state index in [4.69, 9.17) is 4.55 Å². The van der Waals surface area contributed by atoms with Crippen molar-refractivity contribution in [2.75, 3.05) is 5.75 Å². The number of rotatable bonds is 4. The number of fused-ring (bicyclic) bond motifs is 2. The van der Waals surface area contributed by atoms with Gasteiger partial charge in [0.15, 0.2) is 0 Å². The van der Waals surface area contributed by atoms with E-state index in [2.05, 4.69) is 0 Å². The molecule has 212 valence electrons. The third kappa shape index (κ3) is 5.59. The van der Waals surface area contributed by atoms with Gasteiger partial charge in [0.1, 0.15) is 0 Å². The molecule has 6 rings (SSSR count). The second-order valence-electron chi connectivity index (χ2n) is 10.9. The van der Waals surface area contributed by atoms with Crippen molar-refractivity contribution in [3.63, 3.8) is 0 Å². The average molecular weight is 569 g/mol. The lowest BCUT2D eigenvalue weighted by Crippen LogP contribution is -2.42. The van der Waals surface area contributed by atoms with E-state index in [1.165, 1.54) is 9.80 Å². The van der Waals surface area contributed by atoms with Crippen molar-refractivity contribution in [3.05, 3.63) is 70.8 Å². The Hall–Kier alpha value is -3.41. The fourth-order valence-electron chi connectivity index (χ4n) is 6.26. The first kappa shape index (κ1) is 28.1. The molecule has 2 aliphatic heterocycles. The van der Waals surface area contributed by atoms with Crippen molar-refractivity contribution in [3.8, 4) is 0 Å². The van der Waals surface area contributed by atoms with Crippen LogP contribution in [0.3, 0.4) is 0 Å². The van der Waals surface area contributed by atoms with E-state index in [1.54, 1.807) is 48.5 Å². The summed E-state index contributed by atoms with van der Waals surface area (Å²) in [6, 6.07) is 13.5. The largest absolute Gasteiger partial charge is 0.393 e. The zero-order chi connectivity index (χ0) is 28.6. The topological polar surface area (TPSA) is 149 Å². The molecule has 11 heteroatoms. The van der Waals surface area contributed by atoms with Crippen LogP contribution in [-0.2, 0) is 10.1 Å². The summed E-state index contributed by atoms with van der Waals surface area (Å²) in [4.78, 5) is 51.9. The van der Waals surface area contributed by atoms with E-state index in [0.717, 1.165) is 0 Å². The van der Waals surface area contributed by atoms with Crippen LogP contribution in [0.2, 0.25) is 0 Å². The van der Waals surface area contributed by atoms with Crippen LogP contribution in [0.15, 0.2) is 48.5 Å². The Morgan fingerprint density at radius 3 is 1.25 bits per heavy atom. The molecular formula is C29H32N2O8S. The minimum absolute atomic E-state index is 0.0548. The molecule has 0 saturated heterocycles. The fraction of sp³-hybridized carbons (Fsp3) is 0.448. The highest BCUT2D eigenvalue weighted by atomic mass is 32.2. The molecule has 2 heterocycles. The first-order valence-electron chi connectivity index (χ1n) is 13.6. The van der Waals surface area contributed by atoms with Crippen LogP contribution in [0.5, 0.6) is 0 Å². The lowest BCUT2D eigenvalue weighted by molar-refractivity contribution is 0.0448. The van der Waals surface area contributed by atoms with Gasteiger partial charge in [0, 0.05) is 12.1 Å². The average Bonchev–Trinajstić information content (AvgIpc) is 3.34. The van der Waals surface area contributed by atoms with Crippen molar-refractivity contribution in [2.45, 2.75) is 69.6 Å². The Kier molecular flexibility index (Phi) is 7.89. The summed E-state index contributed by atoms with van der Waals surface area (Å²) in [5.74, 6) is -1.25. The van der Waals surface area contributed by atoms with E-state index in [0.29, 0.717) is 73.6 Å². The lowest BCUT2D eigenvalue weighted by atomic mass is 9.86. The molecule has 0 unspecified atom stereocenters. The summed E-state index contributed by atoms with van der Waals surface area (Å²) in [5, 5.41) is 9.49. The second kappa shape index (κ2) is 11.2. The van der Waals surface area contributed by atoms with Crippen LogP contribution >= 0.6 is 0 Å². The molecule has 4 amide bonds. The Morgan fingerprint density at radius 2 is 0.925 bits per heavy atom. The molecule has 2 fully saturated rings. The van der Waals surface area contributed by atoms with Crippen LogP contribution < -0.4 is 0 Å². The molecule has 2 aromatic rings. The van der Waals surface area contributed by atoms with Gasteiger partial charge in [-0.3, -0.25) is 33.5 Å². The van der Waals surface area contributed by atoms with Crippen LogP contribution in [0, 0.1) is 5.92 Å². The molecule has 0 spiro atoms. The highest BCUT2D eigenvalue weighted by Crippen LogP contribution is 2.34. The minimum Gasteiger partial charge on any atom is -0.393 e. The fourth-order valence-corrected chi connectivity index (χ4v) is 7.19. The number of carbonyl (C=O) groups is 4. The van der Waals surface area contributed by atoms with Gasteiger partial charge in [-0.25, -0.2) is 0 Å². The number of imide groups is 2. The summed E-state index contributed by atoms with van der Waals surface area (Å²) in [6.45, 7) is 0. The summed E-state index contributed by atoms with van der Waals surface area (Å²) >= 11 is 0. The van der Waals surface area contributed by atoms with Crippen molar-refractivity contribution in [1.29, 1.82) is 0 Å². The Labute approximate surface area is 232 Å². The van der Waals surface area contributed by atoms with E-state index in [1.807, 2.05) is 0 Å². The van der Waals surface area contributed by atoms with Crippen LogP contribution in [0.1, 0.15) is 92.8 Å². The van der Waals surface area contributed by atoms with E-state index in [-0.39, 0.29) is 53.5 Å². The van der Waals surface area contributed by atoms with Gasteiger partial charge in [-0.15, -0.1) is 0 Å². The Morgan fingerprint density at radius 1 is 0.600 bits per heavy atom. The summed E-state index contributed by atoms with van der Waals surface area (Å²) < 4.78 is 30.8. The summed E-state index contributed by atoms with van der Waals surface area (Å²) in [6.07, 6.45) is 4.76. The zero-order valence-corrected chi connectivity index (χ0v) is 22.8. The van der Waals surface area contributed by atoms with E-state index >= 15 is 0 Å². The maximum absolute atomic E-state index is 12.4. The first-order chi connectivity index (χ1) is 19.0. The number of aliphatic hydroxyl groups is 1. The van der Waals surface area contributed by atoms with Crippen LogP contribution in [-0.4, -0.2) is 75.4 Å². The molecule has 0 bridgehead atoms. The normalized spacial score (nSPS) is 26.4. The molecule has 2 aromatic carbocycles. The zero-order valence-electron chi connectivity index (χ0n) is 21.9. The van der Waals surface area contributed by atoms with Gasteiger partial charge in [-0.2, -0.15) is 8.42 Å². The molecule has 2 N–H and O–H groups in total. The SMILES string of the molecule is O=C1c2ccccc2C(=O)N1C1CCC(CS(=O)(=O)O)CC1.O=C1c2ccccc2C(=O)N1C1CCC(O)CC1. The number of nitrogens with zero attached hydrogens (tertiary/aromatic N) is 2. The number of hydrogen-bond donors (Lipinski definition) is 2. The van der Waals surface area contributed by atoms with Gasteiger partial charge in [0.25, 0.3) is 33.7 Å². The monoisotopic (exact) mass is 568 g/mol. The number of amides is 4. The first-order valence-corrected chi connectivity index (χ1v) is 15.2. The number of hydrogen-bond acceptors (Lipinski definition) is 7. The van der Waals surface area contributed by atoms with Gasteiger partial charge in [-0.05, 0) is 81.5 Å². The van der Waals surface area contributed by atoms with E-state index in [9.17, 15) is 32.7 Å². The Bertz CT molecular complexity index is 1370. The predicted octanol–water partition coefficient (Wildman–Crippen LogP) is 3.32. The summed E-state index contributed by atoms with van der Waals surface area (Å²) in [5.41, 5.74) is 1.89. The molecular weight excluding hydrogens is 536 g/mol. The van der Waals surface area contributed by atoms with Gasteiger partial charge in [0.2, 0.25) is 0 Å². The molecule has 0 radical (unpaired) electrons. The maximum Gasteiger partial charge on any atom is 0.265 e. The Balaban J connectivity index is 0.000000164. The lowest BCUT2D eigenvalue weighted by Gasteiger charge is -2.33. The van der Waals surface area contributed by atoms with Crippen LogP contribution in [0.25, 0.3) is 0 Å². The quantitative estimate of drug-likeness (QED) is 0.421. The van der Waals surface area contributed by atoms with Gasteiger partial charge >= 0.3 is 0 Å². The number of aliphatic hydroxyl groups excluding tert-OH is 1. The molecule has 2 aliphatic carbocycles. The highest BCUT2D eigenvalue weighted by molar-refractivity contribution is 7.85. The third-order valence-electron chi connectivity index (χ3n) is 8.31. The minimum atomic E-state index is -3.97. The predicted molar refractivity (Wildman–Crippen MR) is 144 cm³/mol. The standard InChI is InChI=1S/C15H17NO5S.C14H15NO3/c17-14-12-3-1-2-4-13(12)15(18)16(14)11-7-5-10(6-8-11)9-22(19,20)21;16-10-7-5-9(6-8-10)15-13(17)11-3-1-2-4-12(11)14(15)18/h1-4,10-11H,5-9H2,(H,19,20,21);1-4,9-10,16H,5-8H2. The second-order valence-corrected chi connectivity index (χ2v) is 12.4. The maximum atomic E-state index is 12.4. The molecule has 4 aliphatic rings. The third-order valence-corrected chi connectivity index (χ3v) is 9.20. The summed E-state index contributed by atoms with van der Waals surface area (Å²) in [7, 11) is -3.97. The molecule has 10 nitrogen and oxygen atoms in total. The molecule has 0 aromatic heterocycles. The van der Waals surface area contributed by atoms with Crippen LogP contribution in [0.4, 0.5) is 0 Å². The van der Waals surface area contributed by atoms with Gasteiger partial charge < -0.3 is 5.11 Å². The van der Waals surface area contributed by atoms with Crippen molar-refractivity contribution >= 4 is 33.7 Å². The highest BCUT2D eigenvalue weighted by Gasteiger charge is 2.42. The van der Waals surface area contributed by atoms with Crippen molar-refractivity contribution in [2.24, 2.45) is 5.92 Å². The van der Waals surface area contributed by atoms with Gasteiger partial charge in [-0.1, -0.05) is 24.3 Å². The van der Waals surface area contributed by atoms with Gasteiger partial charge in [0.05, 0.1) is 34.1 Å². The molecule has 40 heavy (non-hydrogen) atoms. The molecule has 2 saturated carbocycles. The smallest absolute Gasteiger partial charge is 0.265 e. The number of benzene rings is 2. The molecule has 0 atom stereocenters. The number of carbonyl (C=O) groups excluding carboxylic acids is 4.